The molecular formula is C18H16ClN3O4. The number of ether oxygens (including phenoxy) is 2. The molecule has 1 aromatic heterocycles. The Morgan fingerprint density at radius 1 is 1.15 bits per heavy atom. The van der Waals surface area contributed by atoms with E-state index in [1.165, 1.54) is 14.2 Å². The summed E-state index contributed by atoms with van der Waals surface area (Å²) in [7, 11) is 3.04. The number of amides is 1. The van der Waals surface area contributed by atoms with Crippen molar-refractivity contribution in [3.8, 4) is 23.0 Å². The van der Waals surface area contributed by atoms with Crippen molar-refractivity contribution < 1.29 is 18.8 Å². The Bertz CT molecular complexity index is 926. The van der Waals surface area contributed by atoms with Crippen molar-refractivity contribution in [3.63, 3.8) is 0 Å². The molecule has 0 aliphatic heterocycles. The molecule has 0 aliphatic rings. The maximum absolute atomic E-state index is 12.3. The third kappa shape index (κ3) is 3.94. The summed E-state index contributed by atoms with van der Waals surface area (Å²) >= 11 is 5.95. The maximum Gasteiger partial charge on any atom is 0.258 e. The molecule has 0 unspecified atom stereocenters. The van der Waals surface area contributed by atoms with E-state index >= 15 is 0 Å². The van der Waals surface area contributed by atoms with Crippen LogP contribution in [0.1, 0.15) is 16.2 Å². The highest BCUT2D eigenvalue weighted by atomic mass is 35.5. The molecule has 1 N–H and O–H groups in total. The maximum atomic E-state index is 12.3. The molecule has 26 heavy (non-hydrogen) atoms. The number of aromatic nitrogens is 2. The smallest absolute Gasteiger partial charge is 0.258 e. The van der Waals surface area contributed by atoms with Gasteiger partial charge in [0.2, 0.25) is 0 Å². The Kier molecular flexibility index (Phi) is 5.38. The predicted molar refractivity (Wildman–Crippen MR) is 95.5 cm³/mol. The Labute approximate surface area is 154 Å². The number of nitrogens with zero attached hydrogens (tertiary/aromatic N) is 2. The fourth-order valence-electron chi connectivity index (χ4n) is 2.30. The van der Waals surface area contributed by atoms with Gasteiger partial charge in [0.15, 0.2) is 17.3 Å². The quantitative estimate of drug-likeness (QED) is 0.713. The number of nitrogens with one attached hydrogen (secondary N) is 1. The summed E-state index contributed by atoms with van der Waals surface area (Å²) in [5.74, 6) is 1.42. The standard InChI is InChI=1S/C18H16ClN3O4/c1-24-14-7-6-11(9-15(14)25-2)17(23)20-10-16-21-18(26-22-16)12-4-3-5-13(19)8-12/h3-9H,10H2,1-2H3,(H,20,23). The summed E-state index contributed by atoms with van der Waals surface area (Å²) in [6.07, 6.45) is 0. The number of hydrogen-bond donors (Lipinski definition) is 1. The average molecular weight is 374 g/mol. The van der Waals surface area contributed by atoms with E-state index in [4.69, 9.17) is 25.6 Å². The Balaban J connectivity index is 1.67. The number of rotatable bonds is 6. The molecule has 134 valence electrons. The second-order valence-corrected chi connectivity index (χ2v) is 5.71. The van der Waals surface area contributed by atoms with E-state index in [2.05, 4.69) is 15.5 Å². The van der Waals surface area contributed by atoms with Crippen LogP contribution in [-0.4, -0.2) is 30.3 Å². The minimum atomic E-state index is -0.292. The second-order valence-electron chi connectivity index (χ2n) is 5.28. The van der Waals surface area contributed by atoms with Gasteiger partial charge in [-0.2, -0.15) is 4.98 Å². The molecule has 7 nitrogen and oxygen atoms in total. The van der Waals surface area contributed by atoms with Gasteiger partial charge in [0, 0.05) is 16.1 Å². The predicted octanol–water partition coefficient (Wildman–Crippen LogP) is 3.34. The van der Waals surface area contributed by atoms with Crippen molar-refractivity contribution in [1.29, 1.82) is 0 Å². The summed E-state index contributed by atoms with van der Waals surface area (Å²) in [6.45, 7) is 0.122. The van der Waals surface area contributed by atoms with Crippen LogP contribution in [0.4, 0.5) is 0 Å². The molecule has 1 heterocycles. The van der Waals surface area contributed by atoms with Gasteiger partial charge in [0.25, 0.3) is 11.8 Å². The van der Waals surface area contributed by atoms with Gasteiger partial charge in [-0.3, -0.25) is 4.79 Å². The molecule has 0 fully saturated rings. The largest absolute Gasteiger partial charge is 0.493 e. The van der Waals surface area contributed by atoms with Gasteiger partial charge in [-0.25, -0.2) is 0 Å². The molecule has 0 spiro atoms. The minimum absolute atomic E-state index is 0.122. The molecule has 0 bridgehead atoms. The summed E-state index contributed by atoms with van der Waals surface area (Å²) in [5.41, 5.74) is 1.14. The first-order chi connectivity index (χ1) is 12.6. The molecule has 0 saturated carbocycles. The van der Waals surface area contributed by atoms with Crippen molar-refractivity contribution >= 4 is 17.5 Å². The SMILES string of the molecule is COc1ccc(C(=O)NCc2noc(-c3cccc(Cl)c3)n2)cc1OC. The number of carbonyl (C=O) groups excluding carboxylic acids is 1. The van der Waals surface area contributed by atoms with Crippen molar-refractivity contribution in [2.45, 2.75) is 6.54 Å². The van der Waals surface area contributed by atoms with E-state index in [0.717, 1.165) is 0 Å². The van der Waals surface area contributed by atoms with Crippen molar-refractivity contribution in [3.05, 3.63) is 58.9 Å². The number of benzene rings is 2. The van der Waals surface area contributed by atoms with Gasteiger partial charge in [-0.05, 0) is 36.4 Å². The lowest BCUT2D eigenvalue weighted by atomic mass is 10.2. The van der Waals surface area contributed by atoms with Crippen molar-refractivity contribution in [2.75, 3.05) is 14.2 Å². The van der Waals surface area contributed by atoms with Crippen LogP contribution in [0.15, 0.2) is 47.0 Å². The van der Waals surface area contributed by atoms with Gasteiger partial charge in [0.05, 0.1) is 20.8 Å². The molecule has 3 aromatic rings. The van der Waals surface area contributed by atoms with Crippen LogP contribution in [0.25, 0.3) is 11.5 Å². The average Bonchev–Trinajstić information content (AvgIpc) is 3.14. The van der Waals surface area contributed by atoms with Crippen LogP contribution in [0.5, 0.6) is 11.5 Å². The van der Waals surface area contributed by atoms with E-state index in [9.17, 15) is 4.79 Å². The van der Waals surface area contributed by atoms with Gasteiger partial charge < -0.3 is 19.3 Å². The van der Waals surface area contributed by atoms with Crippen LogP contribution in [0.2, 0.25) is 5.02 Å². The molecule has 8 heteroatoms. The van der Waals surface area contributed by atoms with Gasteiger partial charge >= 0.3 is 0 Å². The van der Waals surface area contributed by atoms with E-state index in [1.54, 1.807) is 36.4 Å². The molecule has 0 radical (unpaired) electrons. The van der Waals surface area contributed by atoms with E-state index in [-0.39, 0.29) is 12.5 Å². The molecule has 2 aromatic carbocycles. The molecule has 0 saturated heterocycles. The first kappa shape index (κ1) is 17.8. The van der Waals surface area contributed by atoms with Crippen molar-refractivity contribution in [2.24, 2.45) is 0 Å². The van der Waals surface area contributed by atoms with Crippen LogP contribution < -0.4 is 14.8 Å². The molecule has 0 aliphatic carbocycles. The third-order valence-corrected chi connectivity index (χ3v) is 3.83. The summed E-state index contributed by atoms with van der Waals surface area (Å²) in [6, 6.07) is 12.0. The lowest BCUT2D eigenvalue weighted by molar-refractivity contribution is 0.0949. The number of hydrogen-bond acceptors (Lipinski definition) is 6. The van der Waals surface area contributed by atoms with Crippen LogP contribution in [-0.2, 0) is 6.54 Å². The fraction of sp³-hybridized carbons (Fsp3) is 0.167. The van der Waals surface area contributed by atoms with E-state index in [1.807, 2.05) is 6.07 Å². The Morgan fingerprint density at radius 3 is 2.69 bits per heavy atom. The number of halogens is 1. The lowest BCUT2D eigenvalue weighted by Crippen LogP contribution is -2.23. The zero-order valence-corrected chi connectivity index (χ0v) is 14.9. The van der Waals surface area contributed by atoms with E-state index in [0.29, 0.717) is 39.4 Å². The van der Waals surface area contributed by atoms with Gasteiger partial charge in [-0.1, -0.05) is 22.8 Å². The second kappa shape index (κ2) is 7.88. The number of methoxy groups -OCH3 is 2. The molecule has 3 rings (SSSR count). The van der Waals surface area contributed by atoms with Crippen LogP contribution >= 0.6 is 11.6 Å². The third-order valence-electron chi connectivity index (χ3n) is 3.59. The molecule has 0 atom stereocenters. The zero-order valence-electron chi connectivity index (χ0n) is 14.2. The fourth-order valence-corrected chi connectivity index (χ4v) is 2.49. The Morgan fingerprint density at radius 2 is 1.96 bits per heavy atom. The first-order valence-corrected chi connectivity index (χ1v) is 8.07. The number of carbonyl (C=O) groups is 1. The molecule has 1 amide bonds. The highest BCUT2D eigenvalue weighted by Crippen LogP contribution is 2.27. The van der Waals surface area contributed by atoms with Crippen LogP contribution in [0.3, 0.4) is 0 Å². The van der Waals surface area contributed by atoms with Crippen molar-refractivity contribution in [1.82, 2.24) is 15.5 Å². The van der Waals surface area contributed by atoms with E-state index < -0.39 is 0 Å². The summed E-state index contributed by atoms with van der Waals surface area (Å²) < 4.78 is 15.6. The molecular weight excluding hydrogens is 358 g/mol. The van der Waals surface area contributed by atoms with Crippen LogP contribution in [0, 0.1) is 0 Å². The summed E-state index contributed by atoms with van der Waals surface area (Å²) in [5, 5.41) is 7.17. The zero-order chi connectivity index (χ0) is 18.5. The normalized spacial score (nSPS) is 10.4. The van der Waals surface area contributed by atoms with Gasteiger partial charge in [-0.15, -0.1) is 0 Å². The topological polar surface area (TPSA) is 86.5 Å². The highest BCUT2D eigenvalue weighted by molar-refractivity contribution is 6.30. The monoisotopic (exact) mass is 373 g/mol. The summed E-state index contributed by atoms with van der Waals surface area (Å²) in [4.78, 5) is 16.5. The van der Waals surface area contributed by atoms with Gasteiger partial charge in [0.1, 0.15) is 0 Å². The first-order valence-electron chi connectivity index (χ1n) is 7.69. The lowest BCUT2D eigenvalue weighted by Gasteiger charge is -2.09. The Hall–Kier alpha value is -3.06. The minimum Gasteiger partial charge on any atom is -0.493 e. The highest BCUT2D eigenvalue weighted by Gasteiger charge is 2.13.